The van der Waals surface area contributed by atoms with Gasteiger partial charge in [-0.3, -0.25) is 19.2 Å². The Balaban J connectivity index is -0.000000321. The largest absolute Gasteiger partial charge is 0.513 e. The molecule has 1 unspecified atom stereocenters. The Kier molecular flexibility index (Phi) is 31.5. The maximum atomic E-state index is 9.99. The monoisotopic (exact) mass is 580 g/mol. The minimum atomic E-state index is -3.99. The van der Waals surface area contributed by atoms with Crippen LogP contribution in [0.3, 0.4) is 0 Å². The van der Waals surface area contributed by atoms with Crippen molar-refractivity contribution in [3.8, 4) is 0 Å². The number of aliphatic hydroxyl groups is 2. The predicted octanol–water partition coefficient (Wildman–Crippen LogP) is -0.852. The molecule has 17 heteroatoms. The SMILES string of the molecule is CCOCO.CCOCOCC(O)COC[Si](O)(O)O[Si](C)(C)O[Si](C)(C)C.O=CC=O.O=CC=O. The summed E-state index contributed by atoms with van der Waals surface area (Å²) in [6.45, 7) is 14.3. The normalized spacial score (nSPS) is 11.9. The van der Waals surface area contributed by atoms with Gasteiger partial charge in [-0.05, 0) is 46.6 Å². The van der Waals surface area contributed by atoms with Crippen molar-refractivity contribution >= 4 is 50.8 Å². The molecule has 0 amide bonds. The highest BCUT2D eigenvalue weighted by atomic mass is 28.5. The number of carbonyl (C=O) groups is 4. The number of rotatable bonds is 17. The van der Waals surface area contributed by atoms with Crippen LogP contribution in [-0.4, -0.2) is 123 Å². The van der Waals surface area contributed by atoms with Crippen LogP contribution in [0, 0.1) is 0 Å². The molecule has 0 bridgehead atoms. The van der Waals surface area contributed by atoms with Crippen molar-refractivity contribution in [2.75, 3.05) is 46.2 Å². The zero-order valence-electron chi connectivity index (χ0n) is 22.2. The Labute approximate surface area is 216 Å². The van der Waals surface area contributed by atoms with Gasteiger partial charge >= 0.3 is 17.4 Å². The summed E-state index contributed by atoms with van der Waals surface area (Å²) in [5.74, 6) is 0. The highest BCUT2D eigenvalue weighted by molar-refractivity contribution is 6.84. The molecule has 0 saturated heterocycles. The third-order valence-electron chi connectivity index (χ3n) is 2.65. The van der Waals surface area contributed by atoms with Crippen molar-refractivity contribution < 1.29 is 66.2 Å². The summed E-state index contributed by atoms with van der Waals surface area (Å²) < 4.78 is 30.9. The molecule has 216 valence electrons. The van der Waals surface area contributed by atoms with Crippen LogP contribution in [0.5, 0.6) is 0 Å². The first-order valence-electron chi connectivity index (χ1n) is 10.8. The number of hydrogen-bond acceptors (Lipinski definition) is 14. The van der Waals surface area contributed by atoms with E-state index in [4.69, 9.17) is 46.7 Å². The summed E-state index contributed by atoms with van der Waals surface area (Å²) >= 11 is 0. The molecule has 0 heterocycles. The molecule has 0 aromatic carbocycles. The van der Waals surface area contributed by atoms with E-state index in [9.17, 15) is 14.7 Å². The lowest BCUT2D eigenvalue weighted by Crippen LogP contribution is -2.57. The Bertz CT molecular complexity index is 504. The Morgan fingerprint density at radius 1 is 0.722 bits per heavy atom. The van der Waals surface area contributed by atoms with E-state index in [1.165, 1.54) is 0 Å². The van der Waals surface area contributed by atoms with Crippen molar-refractivity contribution in [1.29, 1.82) is 0 Å². The number of hydrogen-bond donors (Lipinski definition) is 4. The maximum absolute atomic E-state index is 9.99. The lowest BCUT2D eigenvalue weighted by molar-refractivity contribution is -0.122. The first kappa shape index (κ1) is 42.0. The summed E-state index contributed by atoms with van der Waals surface area (Å²) in [5.41, 5.74) is 0. The van der Waals surface area contributed by atoms with Crippen LogP contribution in [0.15, 0.2) is 0 Å². The summed E-state index contributed by atoms with van der Waals surface area (Å²) in [5, 5.41) is 17.5. The molecule has 0 aliphatic heterocycles. The van der Waals surface area contributed by atoms with Gasteiger partial charge in [-0.25, -0.2) is 0 Å². The van der Waals surface area contributed by atoms with Crippen LogP contribution in [0.4, 0.5) is 0 Å². The van der Waals surface area contributed by atoms with E-state index in [1.807, 2.05) is 33.5 Å². The van der Waals surface area contributed by atoms with Gasteiger partial charge in [-0.15, -0.1) is 0 Å². The molecule has 1 atom stereocenters. The van der Waals surface area contributed by atoms with Gasteiger partial charge in [0.05, 0.1) is 13.2 Å². The van der Waals surface area contributed by atoms with Gasteiger partial charge in [0.25, 0.3) is 0 Å². The molecular weight excluding hydrogens is 536 g/mol. The lowest BCUT2D eigenvalue weighted by Gasteiger charge is -2.34. The topological polar surface area (TPSA) is 205 Å². The van der Waals surface area contributed by atoms with E-state index in [1.54, 1.807) is 13.1 Å². The minimum Gasteiger partial charge on any atom is -0.437 e. The molecule has 4 N–H and O–H groups in total. The molecule has 0 rings (SSSR count). The summed E-state index contributed by atoms with van der Waals surface area (Å²) in [7, 11) is -8.47. The highest BCUT2D eigenvalue weighted by Gasteiger charge is 2.43. The van der Waals surface area contributed by atoms with Crippen LogP contribution in [0.2, 0.25) is 32.7 Å². The molecule has 0 radical (unpaired) electrons. The fourth-order valence-electron chi connectivity index (χ4n) is 1.98. The Hall–Kier alpha value is -1.07. The van der Waals surface area contributed by atoms with E-state index in [2.05, 4.69) is 4.74 Å². The van der Waals surface area contributed by atoms with Gasteiger partial charge < -0.3 is 47.0 Å². The van der Waals surface area contributed by atoms with Crippen LogP contribution in [0.25, 0.3) is 0 Å². The van der Waals surface area contributed by atoms with Crippen LogP contribution in [-0.2, 0) is 46.4 Å². The van der Waals surface area contributed by atoms with Gasteiger partial charge in [0.2, 0.25) is 0 Å². The van der Waals surface area contributed by atoms with Crippen LogP contribution in [0.1, 0.15) is 13.8 Å². The smallest absolute Gasteiger partial charge is 0.437 e. The minimum absolute atomic E-state index is 0.0469. The maximum Gasteiger partial charge on any atom is 0.513 e. The molecule has 0 fully saturated rings. The van der Waals surface area contributed by atoms with E-state index in [0.717, 1.165) is 0 Å². The number of aldehydes is 4. The first-order chi connectivity index (χ1) is 16.6. The molecule has 0 aliphatic rings. The summed E-state index contributed by atoms with van der Waals surface area (Å²) in [6.07, 6.45) is -0.454. The number of carbonyl (C=O) groups excluding carboxylic acids is 4. The third-order valence-corrected chi connectivity index (χ3v) is 10.9. The predicted molar refractivity (Wildman–Crippen MR) is 135 cm³/mol. The highest BCUT2D eigenvalue weighted by Crippen LogP contribution is 2.18. The zero-order valence-corrected chi connectivity index (χ0v) is 25.2. The van der Waals surface area contributed by atoms with Crippen molar-refractivity contribution in [1.82, 2.24) is 0 Å². The van der Waals surface area contributed by atoms with E-state index in [-0.39, 0.29) is 58.2 Å². The Morgan fingerprint density at radius 3 is 1.50 bits per heavy atom. The quantitative estimate of drug-likeness (QED) is 0.0544. The Morgan fingerprint density at radius 2 is 1.17 bits per heavy atom. The second-order valence-corrected chi connectivity index (χ2v) is 18.2. The molecule has 36 heavy (non-hydrogen) atoms. The molecule has 0 aromatic rings. The average Bonchev–Trinajstić information content (AvgIpc) is 2.75. The van der Waals surface area contributed by atoms with Crippen molar-refractivity contribution in [2.24, 2.45) is 0 Å². The molecular formula is C19H44O14Si3. The van der Waals surface area contributed by atoms with Crippen molar-refractivity contribution in [3.63, 3.8) is 0 Å². The lowest BCUT2D eigenvalue weighted by atomic mass is 10.4. The average molecular weight is 581 g/mol. The summed E-state index contributed by atoms with van der Waals surface area (Å²) in [6, 6.07) is 0. The van der Waals surface area contributed by atoms with Gasteiger partial charge in [0.1, 0.15) is 25.9 Å². The summed E-state index contributed by atoms with van der Waals surface area (Å²) in [4.78, 5) is 55.2. The van der Waals surface area contributed by atoms with E-state index in [0.29, 0.717) is 13.2 Å². The fourth-order valence-corrected chi connectivity index (χ4v) is 12.2. The molecule has 0 saturated carbocycles. The van der Waals surface area contributed by atoms with Crippen molar-refractivity contribution in [2.45, 2.75) is 52.7 Å². The molecule has 0 aliphatic carbocycles. The third kappa shape index (κ3) is 43.0. The number of aliphatic hydroxyl groups excluding tert-OH is 2. The van der Waals surface area contributed by atoms with E-state index >= 15 is 0 Å². The van der Waals surface area contributed by atoms with Crippen molar-refractivity contribution in [3.05, 3.63) is 0 Å². The molecule has 14 nitrogen and oxygen atoms in total. The standard InChI is InChI=1S/C12H32O8Si3.C3H8O2.2C2H2O2/c1-7-16-10-17-8-12(13)9-18-11-23(14,15)20-22(5,6)19-21(2,3)4;1-2-5-3-4;2*3-1-2-4/h12-15H,7-11H2,1-6H3;4H,2-3H2,1H3;2*1-2H. The van der Waals surface area contributed by atoms with E-state index < -0.39 is 31.8 Å². The van der Waals surface area contributed by atoms with Gasteiger partial charge in [-0.2, -0.15) is 0 Å². The second kappa shape index (κ2) is 27.0. The fraction of sp³-hybridized carbons (Fsp3) is 0.789. The molecule has 0 aromatic heterocycles. The van der Waals surface area contributed by atoms with Crippen LogP contribution < -0.4 is 0 Å². The zero-order chi connectivity index (χ0) is 29.1. The van der Waals surface area contributed by atoms with Crippen LogP contribution >= 0.6 is 0 Å². The first-order valence-corrected chi connectivity index (χ1v) is 19.1. The second-order valence-electron chi connectivity index (χ2n) is 7.78. The molecule has 0 spiro atoms. The number of ether oxygens (including phenoxy) is 4. The van der Waals surface area contributed by atoms with Gasteiger partial charge in [-0.1, -0.05) is 0 Å². The van der Waals surface area contributed by atoms with Gasteiger partial charge in [0.15, 0.2) is 33.5 Å². The van der Waals surface area contributed by atoms with Gasteiger partial charge in [0, 0.05) is 13.2 Å².